The van der Waals surface area contributed by atoms with E-state index in [9.17, 15) is 4.79 Å². The Morgan fingerprint density at radius 2 is 2.20 bits per heavy atom. The molecule has 1 aromatic rings. The van der Waals surface area contributed by atoms with Gasteiger partial charge in [0, 0.05) is 17.3 Å². The topological polar surface area (TPSA) is 55.1 Å². The molecule has 0 saturated heterocycles. The molecular formula is C12H18N2O. The van der Waals surface area contributed by atoms with Crippen LogP contribution in [0.25, 0.3) is 0 Å². The molecule has 0 bridgehead atoms. The minimum Gasteiger partial charge on any atom is -0.382 e. The maximum atomic E-state index is 11.1. The van der Waals surface area contributed by atoms with Crippen LogP contribution in [-0.4, -0.2) is 11.9 Å². The average Bonchev–Trinajstić information content (AvgIpc) is 2.20. The van der Waals surface area contributed by atoms with Crippen LogP contribution in [0.4, 0.5) is 5.69 Å². The quantitative estimate of drug-likeness (QED) is 0.794. The summed E-state index contributed by atoms with van der Waals surface area (Å²) < 4.78 is 0. The summed E-state index contributed by atoms with van der Waals surface area (Å²) in [6, 6.07) is 5.96. The Labute approximate surface area is 90.7 Å². The molecule has 3 N–H and O–H groups in total. The number of rotatable bonds is 4. The van der Waals surface area contributed by atoms with Gasteiger partial charge in [0.25, 0.3) is 0 Å². The minimum atomic E-state index is -0.375. The first-order chi connectivity index (χ1) is 7.06. The lowest BCUT2D eigenvalue weighted by Gasteiger charge is -2.16. The Bertz CT molecular complexity index is 361. The zero-order chi connectivity index (χ0) is 11.4. The Kier molecular flexibility index (Phi) is 3.72. The molecule has 0 radical (unpaired) electrons. The number of carbonyl (C=O) groups excluding carboxylic acids is 1. The minimum absolute atomic E-state index is 0.375. The van der Waals surface area contributed by atoms with Crippen molar-refractivity contribution < 1.29 is 4.79 Å². The third kappa shape index (κ3) is 2.72. The molecule has 0 fully saturated rings. The van der Waals surface area contributed by atoms with Crippen LogP contribution < -0.4 is 11.1 Å². The van der Waals surface area contributed by atoms with E-state index >= 15 is 0 Å². The molecule has 1 atom stereocenters. The first-order valence-corrected chi connectivity index (χ1v) is 5.22. The lowest BCUT2D eigenvalue weighted by atomic mass is 10.1. The van der Waals surface area contributed by atoms with Gasteiger partial charge in [0.05, 0.1) is 0 Å². The number of primary amides is 1. The predicted octanol–water partition coefficient (Wildman–Crippen LogP) is 2.30. The predicted molar refractivity (Wildman–Crippen MR) is 63.1 cm³/mol. The van der Waals surface area contributed by atoms with Gasteiger partial charge in [-0.3, -0.25) is 4.79 Å². The summed E-state index contributed by atoms with van der Waals surface area (Å²) in [5, 5.41) is 3.35. The largest absolute Gasteiger partial charge is 0.382 e. The molecule has 0 aliphatic carbocycles. The Morgan fingerprint density at radius 1 is 1.53 bits per heavy atom. The van der Waals surface area contributed by atoms with E-state index in [0.717, 1.165) is 17.7 Å². The van der Waals surface area contributed by atoms with E-state index < -0.39 is 0 Å². The maximum absolute atomic E-state index is 11.1. The van der Waals surface area contributed by atoms with Crippen LogP contribution in [0.3, 0.4) is 0 Å². The number of carbonyl (C=O) groups is 1. The standard InChI is InChI=1S/C12H18N2O/c1-4-8(2)14-11-7-5-6-10(9(11)3)12(13)15/h5-8,14H,4H2,1-3H3,(H2,13,15). The normalized spacial score (nSPS) is 12.2. The second kappa shape index (κ2) is 4.82. The highest BCUT2D eigenvalue weighted by Crippen LogP contribution is 2.19. The van der Waals surface area contributed by atoms with Gasteiger partial charge in [0.2, 0.25) is 5.91 Å². The summed E-state index contributed by atoms with van der Waals surface area (Å²) >= 11 is 0. The van der Waals surface area contributed by atoms with Gasteiger partial charge >= 0.3 is 0 Å². The van der Waals surface area contributed by atoms with E-state index in [1.807, 2.05) is 19.1 Å². The number of hydrogen-bond acceptors (Lipinski definition) is 2. The summed E-state index contributed by atoms with van der Waals surface area (Å²) in [5.41, 5.74) is 7.77. The molecule has 1 aromatic carbocycles. The van der Waals surface area contributed by atoms with Gasteiger partial charge in [-0.2, -0.15) is 0 Å². The average molecular weight is 206 g/mol. The number of benzene rings is 1. The Morgan fingerprint density at radius 3 is 2.73 bits per heavy atom. The SMILES string of the molecule is CCC(C)Nc1cccc(C(N)=O)c1C. The third-order valence-corrected chi connectivity index (χ3v) is 2.61. The molecule has 0 aliphatic rings. The fourth-order valence-corrected chi connectivity index (χ4v) is 1.43. The van der Waals surface area contributed by atoms with E-state index in [4.69, 9.17) is 5.73 Å². The van der Waals surface area contributed by atoms with Gasteiger partial charge in [0.15, 0.2) is 0 Å². The zero-order valence-electron chi connectivity index (χ0n) is 9.50. The van der Waals surface area contributed by atoms with Crippen LogP contribution >= 0.6 is 0 Å². The summed E-state index contributed by atoms with van der Waals surface area (Å²) in [5.74, 6) is -0.375. The molecule has 15 heavy (non-hydrogen) atoms. The van der Waals surface area contributed by atoms with Crippen LogP contribution in [0.5, 0.6) is 0 Å². The van der Waals surface area contributed by atoms with Crippen molar-refractivity contribution in [3.63, 3.8) is 0 Å². The fourth-order valence-electron chi connectivity index (χ4n) is 1.43. The Hall–Kier alpha value is -1.51. The lowest BCUT2D eigenvalue weighted by molar-refractivity contribution is 0.1000. The van der Waals surface area contributed by atoms with E-state index in [1.54, 1.807) is 6.07 Å². The molecule has 3 nitrogen and oxygen atoms in total. The highest BCUT2D eigenvalue weighted by Gasteiger charge is 2.09. The van der Waals surface area contributed by atoms with E-state index in [2.05, 4.69) is 19.2 Å². The number of anilines is 1. The number of amides is 1. The molecule has 82 valence electrons. The monoisotopic (exact) mass is 206 g/mol. The van der Waals surface area contributed by atoms with E-state index in [-0.39, 0.29) is 5.91 Å². The highest BCUT2D eigenvalue weighted by atomic mass is 16.1. The molecule has 0 heterocycles. The summed E-state index contributed by atoms with van der Waals surface area (Å²) in [4.78, 5) is 11.1. The van der Waals surface area contributed by atoms with Gasteiger partial charge in [-0.25, -0.2) is 0 Å². The summed E-state index contributed by atoms with van der Waals surface area (Å²) in [6.07, 6.45) is 1.04. The van der Waals surface area contributed by atoms with E-state index in [1.165, 1.54) is 0 Å². The molecule has 1 amide bonds. The molecule has 0 aliphatic heterocycles. The number of nitrogens with two attached hydrogens (primary N) is 1. The van der Waals surface area contributed by atoms with Crippen LogP contribution in [0.1, 0.15) is 36.2 Å². The highest BCUT2D eigenvalue weighted by molar-refractivity contribution is 5.95. The van der Waals surface area contributed by atoms with Crippen LogP contribution in [0.15, 0.2) is 18.2 Å². The summed E-state index contributed by atoms with van der Waals surface area (Å²) in [6.45, 7) is 6.13. The van der Waals surface area contributed by atoms with Crippen molar-refractivity contribution in [2.24, 2.45) is 5.73 Å². The molecule has 0 aromatic heterocycles. The molecular weight excluding hydrogens is 188 g/mol. The van der Waals surface area contributed by atoms with Gasteiger partial charge in [-0.1, -0.05) is 13.0 Å². The van der Waals surface area contributed by atoms with Crippen LogP contribution in [0.2, 0.25) is 0 Å². The smallest absolute Gasteiger partial charge is 0.249 e. The van der Waals surface area contributed by atoms with Gasteiger partial charge in [-0.05, 0) is 38.0 Å². The number of nitrogens with one attached hydrogen (secondary N) is 1. The first-order valence-electron chi connectivity index (χ1n) is 5.22. The maximum Gasteiger partial charge on any atom is 0.249 e. The second-order valence-electron chi connectivity index (χ2n) is 3.80. The van der Waals surface area contributed by atoms with Crippen molar-refractivity contribution in [1.29, 1.82) is 0 Å². The van der Waals surface area contributed by atoms with Crippen molar-refractivity contribution >= 4 is 11.6 Å². The first kappa shape index (κ1) is 11.6. The van der Waals surface area contributed by atoms with Gasteiger partial charge in [0.1, 0.15) is 0 Å². The molecule has 0 spiro atoms. The fraction of sp³-hybridized carbons (Fsp3) is 0.417. The second-order valence-corrected chi connectivity index (χ2v) is 3.80. The number of hydrogen-bond donors (Lipinski definition) is 2. The van der Waals surface area contributed by atoms with Gasteiger partial charge in [-0.15, -0.1) is 0 Å². The molecule has 1 unspecified atom stereocenters. The van der Waals surface area contributed by atoms with Crippen molar-refractivity contribution in [3.8, 4) is 0 Å². The van der Waals surface area contributed by atoms with E-state index in [0.29, 0.717) is 11.6 Å². The third-order valence-electron chi connectivity index (χ3n) is 2.61. The summed E-state index contributed by atoms with van der Waals surface area (Å²) in [7, 11) is 0. The van der Waals surface area contributed by atoms with Crippen molar-refractivity contribution in [2.75, 3.05) is 5.32 Å². The molecule has 1 rings (SSSR count). The van der Waals surface area contributed by atoms with Crippen molar-refractivity contribution in [1.82, 2.24) is 0 Å². The van der Waals surface area contributed by atoms with Crippen LogP contribution in [-0.2, 0) is 0 Å². The lowest BCUT2D eigenvalue weighted by Crippen LogP contribution is -2.17. The Balaban J connectivity index is 2.99. The zero-order valence-corrected chi connectivity index (χ0v) is 9.50. The van der Waals surface area contributed by atoms with Crippen LogP contribution in [0, 0.1) is 6.92 Å². The van der Waals surface area contributed by atoms with Crippen molar-refractivity contribution in [3.05, 3.63) is 29.3 Å². The molecule has 3 heteroatoms. The van der Waals surface area contributed by atoms with Gasteiger partial charge < -0.3 is 11.1 Å². The molecule has 0 saturated carbocycles. The van der Waals surface area contributed by atoms with Crippen molar-refractivity contribution in [2.45, 2.75) is 33.2 Å².